The second-order valence-electron chi connectivity index (χ2n) is 4.43. The highest BCUT2D eigenvalue weighted by Gasteiger charge is 2.05. The van der Waals surface area contributed by atoms with E-state index < -0.39 is 4.92 Å². The summed E-state index contributed by atoms with van der Waals surface area (Å²) in [5.74, 6) is 0. The number of nitro groups is 1. The minimum absolute atomic E-state index is 0.0577. The van der Waals surface area contributed by atoms with Crippen LogP contribution in [0.15, 0.2) is 55.0 Å². The molecule has 0 atom stereocenters. The van der Waals surface area contributed by atoms with Gasteiger partial charge < -0.3 is 5.73 Å². The van der Waals surface area contributed by atoms with Crippen LogP contribution in [0.1, 0.15) is 5.56 Å². The summed E-state index contributed by atoms with van der Waals surface area (Å²) in [6, 6.07) is 12.3. The molecule has 3 rings (SSSR count). The largest absolute Gasteiger partial charge is 0.399 e. The van der Waals surface area contributed by atoms with Crippen LogP contribution in [0.4, 0.5) is 11.4 Å². The average molecular weight is 282 g/mol. The van der Waals surface area contributed by atoms with Gasteiger partial charge in [-0.2, -0.15) is 0 Å². The van der Waals surface area contributed by atoms with Crippen molar-refractivity contribution in [2.24, 2.45) is 0 Å². The lowest BCUT2D eigenvalue weighted by molar-refractivity contribution is -0.384. The SMILES string of the molecule is Cc1ccc(N)cc1.O=[N+]([O-])c1ccc2ncncc2c1. The zero-order valence-corrected chi connectivity index (χ0v) is 11.4. The molecule has 0 aliphatic rings. The number of hydrogen-bond acceptors (Lipinski definition) is 5. The fourth-order valence-corrected chi connectivity index (χ4v) is 1.65. The van der Waals surface area contributed by atoms with Gasteiger partial charge in [-0.15, -0.1) is 0 Å². The van der Waals surface area contributed by atoms with Gasteiger partial charge in [-0.05, 0) is 25.1 Å². The third-order valence-electron chi connectivity index (χ3n) is 2.78. The molecule has 106 valence electrons. The van der Waals surface area contributed by atoms with Gasteiger partial charge in [0.25, 0.3) is 5.69 Å². The molecule has 6 nitrogen and oxygen atoms in total. The summed E-state index contributed by atoms with van der Waals surface area (Å²) >= 11 is 0. The Labute approximate surface area is 121 Å². The molecule has 0 saturated carbocycles. The third kappa shape index (κ3) is 3.97. The fraction of sp³-hybridized carbons (Fsp3) is 0.0667. The van der Waals surface area contributed by atoms with Crippen LogP contribution < -0.4 is 5.73 Å². The first kappa shape index (κ1) is 14.4. The molecule has 1 aromatic heterocycles. The van der Waals surface area contributed by atoms with Gasteiger partial charge in [0, 0.05) is 29.4 Å². The summed E-state index contributed by atoms with van der Waals surface area (Å²) in [5.41, 5.74) is 8.27. The first-order chi connectivity index (χ1) is 10.1. The molecular weight excluding hydrogens is 268 g/mol. The Morgan fingerprint density at radius 3 is 2.48 bits per heavy atom. The number of non-ortho nitro benzene ring substituents is 1. The van der Waals surface area contributed by atoms with E-state index in [0.29, 0.717) is 10.9 Å². The van der Waals surface area contributed by atoms with Crippen molar-refractivity contribution in [3.63, 3.8) is 0 Å². The predicted molar refractivity (Wildman–Crippen MR) is 81.8 cm³/mol. The van der Waals surface area contributed by atoms with Crippen LogP contribution in [0, 0.1) is 17.0 Å². The van der Waals surface area contributed by atoms with E-state index >= 15 is 0 Å². The fourth-order valence-electron chi connectivity index (χ4n) is 1.65. The molecule has 0 aliphatic carbocycles. The summed E-state index contributed by atoms with van der Waals surface area (Å²) in [6.45, 7) is 2.04. The van der Waals surface area contributed by atoms with Gasteiger partial charge in [-0.25, -0.2) is 9.97 Å². The van der Waals surface area contributed by atoms with Gasteiger partial charge in [0.15, 0.2) is 0 Å². The molecule has 0 unspecified atom stereocenters. The van der Waals surface area contributed by atoms with Crippen molar-refractivity contribution in [3.8, 4) is 0 Å². The Hall–Kier alpha value is -3.02. The van der Waals surface area contributed by atoms with E-state index in [1.165, 1.54) is 24.0 Å². The van der Waals surface area contributed by atoms with Gasteiger partial charge in [-0.1, -0.05) is 17.7 Å². The van der Waals surface area contributed by atoms with Crippen molar-refractivity contribution in [2.75, 3.05) is 5.73 Å². The van der Waals surface area contributed by atoms with Gasteiger partial charge in [-0.3, -0.25) is 10.1 Å². The van der Waals surface area contributed by atoms with Crippen molar-refractivity contribution >= 4 is 22.3 Å². The van der Waals surface area contributed by atoms with Crippen LogP contribution in [-0.4, -0.2) is 14.9 Å². The number of nitrogens with zero attached hydrogens (tertiary/aromatic N) is 3. The summed E-state index contributed by atoms with van der Waals surface area (Å²) < 4.78 is 0. The zero-order valence-electron chi connectivity index (χ0n) is 11.4. The van der Waals surface area contributed by atoms with Crippen LogP contribution >= 0.6 is 0 Å². The van der Waals surface area contributed by atoms with Crippen molar-refractivity contribution in [3.05, 3.63) is 70.7 Å². The maximum atomic E-state index is 10.4. The summed E-state index contributed by atoms with van der Waals surface area (Å²) in [7, 11) is 0. The van der Waals surface area contributed by atoms with E-state index in [-0.39, 0.29) is 5.69 Å². The Kier molecular flexibility index (Phi) is 4.40. The Balaban J connectivity index is 0.000000173. The number of nitrogen functional groups attached to an aromatic ring is 1. The number of aryl methyl sites for hydroxylation is 1. The van der Waals surface area contributed by atoms with Crippen molar-refractivity contribution in [1.82, 2.24) is 9.97 Å². The first-order valence-corrected chi connectivity index (χ1v) is 6.22. The molecule has 2 aromatic carbocycles. The topological polar surface area (TPSA) is 94.9 Å². The molecule has 6 heteroatoms. The highest BCUT2D eigenvalue weighted by molar-refractivity contribution is 5.79. The van der Waals surface area contributed by atoms with Crippen molar-refractivity contribution in [1.29, 1.82) is 0 Å². The summed E-state index contributed by atoms with van der Waals surface area (Å²) in [4.78, 5) is 17.7. The Morgan fingerprint density at radius 1 is 1.14 bits per heavy atom. The predicted octanol–water partition coefficient (Wildman–Crippen LogP) is 3.12. The van der Waals surface area contributed by atoms with E-state index in [0.717, 1.165) is 5.69 Å². The molecule has 0 aliphatic heterocycles. The number of nitrogens with two attached hydrogens (primary N) is 1. The smallest absolute Gasteiger partial charge is 0.270 e. The maximum Gasteiger partial charge on any atom is 0.270 e. The molecule has 1 heterocycles. The van der Waals surface area contributed by atoms with Gasteiger partial charge in [0.05, 0.1) is 10.4 Å². The average Bonchev–Trinajstić information content (AvgIpc) is 2.50. The maximum absolute atomic E-state index is 10.4. The molecule has 2 N–H and O–H groups in total. The zero-order chi connectivity index (χ0) is 15.2. The molecule has 0 saturated heterocycles. The molecule has 0 radical (unpaired) electrons. The molecule has 0 bridgehead atoms. The molecule has 0 amide bonds. The molecule has 3 aromatic rings. The lowest BCUT2D eigenvalue weighted by atomic mass is 10.2. The van der Waals surface area contributed by atoms with Crippen molar-refractivity contribution < 1.29 is 4.92 Å². The van der Waals surface area contributed by atoms with E-state index in [1.54, 1.807) is 12.3 Å². The van der Waals surface area contributed by atoms with Crippen LogP contribution in [0.25, 0.3) is 10.9 Å². The second-order valence-corrected chi connectivity index (χ2v) is 4.43. The second kappa shape index (κ2) is 6.42. The monoisotopic (exact) mass is 282 g/mol. The number of benzene rings is 2. The van der Waals surface area contributed by atoms with Crippen LogP contribution in [-0.2, 0) is 0 Å². The Morgan fingerprint density at radius 2 is 1.86 bits per heavy atom. The third-order valence-corrected chi connectivity index (χ3v) is 2.78. The standard InChI is InChI=1S/C8H5N3O2.C7H9N/c12-11(13)7-1-2-8-6(3-7)4-9-5-10-8;1-6-2-4-7(8)5-3-6/h1-5H;2-5H,8H2,1H3. The molecule has 0 spiro atoms. The number of rotatable bonds is 1. The van der Waals surface area contributed by atoms with Crippen LogP contribution in [0.2, 0.25) is 0 Å². The summed E-state index contributed by atoms with van der Waals surface area (Å²) in [5, 5.41) is 11.1. The highest BCUT2D eigenvalue weighted by atomic mass is 16.6. The Bertz CT molecular complexity index is 736. The van der Waals surface area contributed by atoms with E-state index in [1.807, 2.05) is 31.2 Å². The quantitative estimate of drug-likeness (QED) is 0.420. The van der Waals surface area contributed by atoms with Crippen LogP contribution in [0.5, 0.6) is 0 Å². The molecule has 21 heavy (non-hydrogen) atoms. The van der Waals surface area contributed by atoms with E-state index in [4.69, 9.17) is 5.73 Å². The van der Waals surface area contributed by atoms with Crippen LogP contribution in [0.3, 0.4) is 0 Å². The van der Waals surface area contributed by atoms with E-state index in [2.05, 4.69) is 9.97 Å². The number of hydrogen-bond donors (Lipinski definition) is 1. The van der Waals surface area contributed by atoms with Gasteiger partial charge in [0.1, 0.15) is 6.33 Å². The van der Waals surface area contributed by atoms with Gasteiger partial charge in [0.2, 0.25) is 0 Å². The van der Waals surface area contributed by atoms with Gasteiger partial charge >= 0.3 is 0 Å². The summed E-state index contributed by atoms with van der Waals surface area (Å²) in [6.07, 6.45) is 2.96. The number of fused-ring (bicyclic) bond motifs is 1. The van der Waals surface area contributed by atoms with E-state index in [9.17, 15) is 10.1 Å². The number of anilines is 1. The van der Waals surface area contributed by atoms with Crippen molar-refractivity contribution in [2.45, 2.75) is 6.92 Å². The minimum Gasteiger partial charge on any atom is -0.399 e. The minimum atomic E-state index is -0.438. The lowest BCUT2D eigenvalue weighted by Gasteiger charge is -1.94. The number of aromatic nitrogens is 2. The first-order valence-electron chi connectivity index (χ1n) is 6.22. The number of nitro benzene ring substituents is 1. The highest BCUT2D eigenvalue weighted by Crippen LogP contribution is 2.17. The molecular formula is C15H14N4O2. The normalized spacial score (nSPS) is 9.76. The molecule has 0 fully saturated rings. The lowest BCUT2D eigenvalue weighted by Crippen LogP contribution is -1.88.